The molecule has 0 aromatic heterocycles. The van der Waals surface area contributed by atoms with Gasteiger partial charge in [-0.25, -0.2) is 0 Å². The molecule has 0 aliphatic heterocycles. The molecule has 2 amide bonds. The number of amides is 2. The second kappa shape index (κ2) is 18.1. The van der Waals surface area contributed by atoms with Crippen LogP contribution in [-0.4, -0.2) is 65.1 Å². The largest absolute Gasteiger partial charge is 0.497 e. The van der Waals surface area contributed by atoms with Gasteiger partial charge >= 0.3 is 0 Å². The summed E-state index contributed by atoms with van der Waals surface area (Å²) < 4.78 is 26.4. The summed E-state index contributed by atoms with van der Waals surface area (Å²) >= 11 is 0. The van der Waals surface area contributed by atoms with Gasteiger partial charge in [0.25, 0.3) is 5.91 Å². The summed E-state index contributed by atoms with van der Waals surface area (Å²) in [6.07, 6.45) is 2.78. The zero-order chi connectivity index (χ0) is 31.7. The predicted molar refractivity (Wildman–Crippen MR) is 167 cm³/mol. The van der Waals surface area contributed by atoms with E-state index in [4.69, 9.17) is 23.7 Å². The maximum atomic E-state index is 13.5. The van der Waals surface area contributed by atoms with Crippen LogP contribution in [0.25, 0.3) is 6.08 Å². The molecule has 0 aliphatic rings. The number of hydrogen-bond acceptors (Lipinski definition) is 8. The van der Waals surface area contributed by atoms with Crippen LogP contribution in [0.1, 0.15) is 30.0 Å². The molecule has 3 rings (SSSR count). The van der Waals surface area contributed by atoms with Gasteiger partial charge in [0.15, 0.2) is 25.1 Å². The Balaban J connectivity index is 1.75. The summed E-state index contributed by atoms with van der Waals surface area (Å²) in [6.45, 7) is 2.14. The number of ether oxygens (including phenoxy) is 5. The molecule has 234 valence electrons. The first-order valence-electron chi connectivity index (χ1n) is 14.3. The van der Waals surface area contributed by atoms with Crippen LogP contribution >= 0.6 is 0 Å². The monoisotopic (exact) mass is 604 g/mol. The molecule has 0 aliphatic carbocycles. The van der Waals surface area contributed by atoms with Crippen LogP contribution in [0.15, 0.2) is 78.4 Å². The molecule has 0 bridgehead atoms. The maximum absolute atomic E-state index is 13.5. The van der Waals surface area contributed by atoms with Crippen LogP contribution in [0.4, 0.5) is 0 Å². The van der Waals surface area contributed by atoms with Crippen LogP contribution in [0, 0.1) is 0 Å². The summed E-state index contributed by atoms with van der Waals surface area (Å²) in [4.78, 5) is 39.7. The Bertz CT molecular complexity index is 1390. The Morgan fingerprint density at radius 2 is 1.48 bits per heavy atom. The molecule has 0 unspecified atom stereocenters. The maximum Gasteiger partial charge on any atom is 0.289 e. The lowest BCUT2D eigenvalue weighted by Crippen LogP contribution is -2.49. The lowest BCUT2D eigenvalue weighted by atomic mass is 10.0. The van der Waals surface area contributed by atoms with E-state index in [9.17, 15) is 14.4 Å². The van der Waals surface area contributed by atoms with Crippen molar-refractivity contribution in [1.29, 1.82) is 0 Å². The van der Waals surface area contributed by atoms with Gasteiger partial charge in [-0.2, -0.15) is 0 Å². The number of carbonyl (C=O) groups excluding carboxylic acids is 3. The average molecular weight is 605 g/mol. The number of hydrogen-bond donors (Lipinski definition) is 2. The first kappa shape index (κ1) is 33.8. The second-order valence-corrected chi connectivity index (χ2v) is 9.77. The van der Waals surface area contributed by atoms with Gasteiger partial charge in [0.2, 0.25) is 11.7 Å². The van der Waals surface area contributed by atoms with Crippen molar-refractivity contribution in [2.75, 3.05) is 41.5 Å². The minimum absolute atomic E-state index is 0.00304. The molecule has 0 spiro atoms. The topological polar surface area (TPSA) is 121 Å². The zero-order valence-electron chi connectivity index (χ0n) is 25.6. The van der Waals surface area contributed by atoms with Crippen molar-refractivity contribution in [3.05, 3.63) is 95.1 Å². The molecule has 0 heterocycles. The fraction of sp³-hybridized carbons (Fsp3) is 0.324. The molecule has 3 aromatic carbocycles. The standard InChI is InChI=1S/C34H40N2O8/c1-5-27(19-26-13-16-30(43-22-40-2)31(21-26)44-23-41-3)33(38)36-29(20-25-9-7-6-8-10-25)32(37)34(39)35-18-17-24-11-14-28(42-4)15-12-24/h6-16,19,21,29H,5,17-18,20,22-23H2,1-4H3,(H,35,39)(H,36,38)/b27-19+/t29-/m0/s1. The molecule has 44 heavy (non-hydrogen) atoms. The van der Waals surface area contributed by atoms with E-state index in [-0.39, 0.29) is 26.6 Å². The molecule has 2 N–H and O–H groups in total. The smallest absolute Gasteiger partial charge is 0.289 e. The van der Waals surface area contributed by atoms with Crippen LogP contribution in [0.5, 0.6) is 17.2 Å². The van der Waals surface area contributed by atoms with Gasteiger partial charge in [-0.1, -0.05) is 55.5 Å². The van der Waals surface area contributed by atoms with Crippen molar-refractivity contribution in [2.45, 2.75) is 32.2 Å². The Morgan fingerprint density at radius 1 is 0.795 bits per heavy atom. The minimum atomic E-state index is -1.06. The molecular formula is C34H40N2O8. The highest BCUT2D eigenvalue weighted by molar-refractivity contribution is 6.38. The minimum Gasteiger partial charge on any atom is -0.497 e. The fourth-order valence-electron chi connectivity index (χ4n) is 4.29. The van der Waals surface area contributed by atoms with Gasteiger partial charge < -0.3 is 34.3 Å². The summed E-state index contributed by atoms with van der Waals surface area (Å²) in [6, 6.07) is 20.8. The molecule has 1 atom stereocenters. The van der Waals surface area contributed by atoms with Gasteiger partial charge in [-0.15, -0.1) is 0 Å². The van der Waals surface area contributed by atoms with E-state index in [1.165, 1.54) is 14.2 Å². The average Bonchev–Trinajstić information content (AvgIpc) is 3.05. The highest BCUT2D eigenvalue weighted by atomic mass is 16.7. The van der Waals surface area contributed by atoms with Gasteiger partial charge in [0.05, 0.1) is 7.11 Å². The SMILES string of the molecule is CC/C(=C\c1ccc(OCOC)c(OCOC)c1)C(=O)N[C@@H](Cc1ccccc1)C(=O)C(=O)NCCc1ccc(OC)cc1. The van der Waals surface area contributed by atoms with Gasteiger partial charge in [-0.3, -0.25) is 14.4 Å². The van der Waals surface area contributed by atoms with Crippen molar-refractivity contribution < 1.29 is 38.1 Å². The molecular weight excluding hydrogens is 564 g/mol. The predicted octanol–water partition coefficient (Wildman–Crippen LogP) is 4.11. The van der Waals surface area contributed by atoms with E-state index in [2.05, 4.69) is 10.6 Å². The third-order valence-corrected chi connectivity index (χ3v) is 6.63. The van der Waals surface area contributed by atoms with Crippen LogP contribution in [0.3, 0.4) is 0 Å². The highest BCUT2D eigenvalue weighted by Crippen LogP contribution is 2.30. The lowest BCUT2D eigenvalue weighted by molar-refractivity contribution is -0.139. The van der Waals surface area contributed by atoms with Gasteiger partial charge in [0.1, 0.15) is 11.8 Å². The number of benzene rings is 3. The molecule has 0 fully saturated rings. The number of carbonyl (C=O) groups is 3. The van der Waals surface area contributed by atoms with E-state index in [0.29, 0.717) is 35.5 Å². The van der Waals surface area contributed by atoms with Crippen molar-refractivity contribution in [3.63, 3.8) is 0 Å². The highest BCUT2D eigenvalue weighted by Gasteiger charge is 2.28. The molecule has 0 saturated heterocycles. The first-order chi connectivity index (χ1) is 21.4. The Kier molecular flexibility index (Phi) is 13.9. The van der Waals surface area contributed by atoms with Crippen LogP contribution in [-0.2, 0) is 36.7 Å². The van der Waals surface area contributed by atoms with E-state index >= 15 is 0 Å². The summed E-state index contributed by atoms with van der Waals surface area (Å²) in [5.41, 5.74) is 2.89. The summed E-state index contributed by atoms with van der Waals surface area (Å²) in [5.74, 6) is -0.324. The second-order valence-electron chi connectivity index (χ2n) is 9.77. The Hall–Kier alpha value is -4.67. The lowest BCUT2D eigenvalue weighted by Gasteiger charge is -2.19. The number of nitrogens with one attached hydrogen (secondary N) is 2. The third-order valence-electron chi connectivity index (χ3n) is 6.63. The van der Waals surface area contributed by atoms with Crippen LogP contribution in [0.2, 0.25) is 0 Å². The Labute approximate surface area is 258 Å². The van der Waals surface area contributed by atoms with Gasteiger partial charge in [-0.05, 0) is 59.9 Å². The van der Waals surface area contributed by atoms with E-state index < -0.39 is 23.6 Å². The number of Topliss-reactive ketones (excluding diaryl/α,β-unsaturated/α-hetero) is 1. The number of rotatable bonds is 18. The normalized spacial score (nSPS) is 11.8. The molecule has 3 aromatic rings. The molecule has 10 heteroatoms. The van der Waals surface area contributed by atoms with Crippen molar-refractivity contribution in [3.8, 4) is 17.2 Å². The van der Waals surface area contributed by atoms with Crippen LogP contribution < -0.4 is 24.8 Å². The van der Waals surface area contributed by atoms with Gasteiger partial charge in [0, 0.05) is 32.8 Å². The van der Waals surface area contributed by atoms with E-state index in [1.54, 1.807) is 31.4 Å². The zero-order valence-corrected chi connectivity index (χ0v) is 25.6. The third kappa shape index (κ3) is 10.6. The van der Waals surface area contributed by atoms with E-state index in [1.807, 2.05) is 61.5 Å². The molecule has 10 nitrogen and oxygen atoms in total. The van der Waals surface area contributed by atoms with Crippen molar-refractivity contribution in [2.24, 2.45) is 0 Å². The van der Waals surface area contributed by atoms with Crippen molar-refractivity contribution >= 4 is 23.7 Å². The number of methoxy groups -OCH3 is 3. The fourth-order valence-corrected chi connectivity index (χ4v) is 4.29. The first-order valence-corrected chi connectivity index (χ1v) is 14.3. The quantitative estimate of drug-likeness (QED) is 0.126. The molecule has 0 radical (unpaired) electrons. The molecule has 0 saturated carbocycles. The summed E-state index contributed by atoms with van der Waals surface area (Å²) in [7, 11) is 4.62. The number of ketones is 1. The van der Waals surface area contributed by atoms with Crippen molar-refractivity contribution in [1.82, 2.24) is 10.6 Å². The Morgan fingerprint density at radius 3 is 2.11 bits per heavy atom. The summed E-state index contributed by atoms with van der Waals surface area (Å²) in [5, 5.41) is 5.50. The van der Waals surface area contributed by atoms with E-state index in [0.717, 1.165) is 16.9 Å².